The Balaban J connectivity index is 1.50. The topological polar surface area (TPSA) is 125 Å². The number of benzene rings is 3. The number of nitrogens with one attached hydrogen (secondary N) is 2. The number of carbonyl (C=O) groups excluding carboxylic acids is 2. The standard InChI is InChI=1S/C26H23FN2O6/c1-26(14-30,24(32)33)29-23(31)20-12-15(27)10-11-22(20)28-25(34)35-13-21-18-8-4-2-6-16(18)17-7-3-5-9-19(17)21/h2-12,21,30H,13-14H2,1H3,(H,28,34)(H,29,31)(H,32,33). The smallest absolute Gasteiger partial charge is 0.411 e. The second-order valence-corrected chi connectivity index (χ2v) is 8.39. The highest BCUT2D eigenvalue weighted by Crippen LogP contribution is 2.44. The summed E-state index contributed by atoms with van der Waals surface area (Å²) < 4.78 is 19.3. The molecule has 4 N–H and O–H groups in total. The average molecular weight is 478 g/mol. The fraction of sp³-hybridized carbons (Fsp3) is 0.192. The zero-order valence-electron chi connectivity index (χ0n) is 18.7. The van der Waals surface area contributed by atoms with E-state index >= 15 is 0 Å². The molecule has 0 aliphatic heterocycles. The molecule has 0 saturated carbocycles. The van der Waals surface area contributed by atoms with Crippen molar-refractivity contribution in [2.24, 2.45) is 0 Å². The number of carboxylic acid groups (broad SMARTS) is 1. The van der Waals surface area contributed by atoms with Crippen LogP contribution in [0.25, 0.3) is 11.1 Å². The van der Waals surface area contributed by atoms with Gasteiger partial charge < -0.3 is 20.3 Å². The Hall–Kier alpha value is -4.24. The minimum Gasteiger partial charge on any atom is -0.479 e. The summed E-state index contributed by atoms with van der Waals surface area (Å²) in [6, 6.07) is 18.8. The Morgan fingerprint density at radius 2 is 1.60 bits per heavy atom. The molecule has 3 aromatic carbocycles. The molecular formula is C26H23FN2O6. The molecule has 1 aliphatic rings. The lowest BCUT2D eigenvalue weighted by Gasteiger charge is -2.24. The molecule has 4 rings (SSSR count). The summed E-state index contributed by atoms with van der Waals surface area (Å²) in [6.45, 7) is 0.244. The van der Waals surface area contributed by atoms with Crippen LogP contribution in [0.15, 0.2) is 66.7 Å². The predicted octanol–water partition coefficient (Wildman–Crippen LogP) is 3.75. The van der Waals surface area contributed by atoms with Crippen molar-refractivity contribution in [1.82, 2.24) is 5.32 Å². The molecule has 1 atom stereocenters. The Morgan fingerprint density at radius 1 is 1.00 bits per heavy atom. The highest BCUT2D eigenvalue weighted by molar-refractivity contribution is 6.04. The number of ether oxygens (including phenoxy) is 1. The Labute approximate surface area is 200 Å². The summed E-state index contributed by atoms with van der Waals surface area (Å²) >= 11 is 0. The van der Waals surface area contributed by atoms with E-state index in [1.807, 2.05) is 48.5 Å². The predicted molar refractivity (Wildman–Crippen MR) is 126 cm³/mol. The van der Waals surface area contributed by atoms with Gasteiger partial charge in [-0.15, -0.1) is 0 Å². The van der Waals surface area contributed by atoms with Crippen molar-refractivity contribution in [3.05, 3.63) is 89.2 Å². The number of amides is 2. The summed E-state index contributed by atoms with van der Waals surface area (Å²) in [5.41, 5.74) is 1.80. The number of aliphatic hydroxyl groups excluding tert-OH is 1. The molecule has 35 heavy (non-hydrogen) atoms. The molecule has 2 amide bonds. The first-order valence-corrected chi connectivity index (χ1v) is 10.8. The number of carboxylic acids is 1. The van der Waals surface area contributed by atoms with Gasteiger partial charge in [0.25, 0.3) is 5.91 Å². The van der Waals surface area contributed by atoms with E-state index in [2.05, 4.69) is 10.6 Å². The third kappa shape index (κ3) is 4.71. The van der Waals surface area contributed by atoms with Gasteiger partial charge in [0.15, 0.2) is 5.54 Å². The number of carbonyl (C=O) groups is 3. The molecule has 0 radical (unpaired) electrons. The van der Waals surface area contributed by atoms with Crippen LogP contribution in [0.4, 0.5) is 14.9 Å². The van der Waals surface area contributed by atoms with Crippen molar-refractivity contribution < 1.29 is 33.7 Å². The summed E-state index contributed by atoms with van der Waals surface area (Å²) in [6.07, 6.45) is -0.865. The SMILES string of the molecule is CC(CO)(NC(=O)c1cc(F)ccc1NC(=O)OCC1c2ccccc2-c2ccccc21)C(=O)O. The highest BCUT2D eigenvalue weighted by atomic mass is 19.1. The van der Waals surface area contributed by atoms with Crippen molar-refractivity contribution in [1.29, 1.82) is 0 Å². The van der Waals surface area contributed by atoms with Crippen LogP contribution in [0, 0.1) is 5.82 Å². The van der Waals surface area contributed by atoms with Crippen LogP contribution in [0.5, 0.6) is 0 Å². The van der Waals surface area contributed by atoms with E-state index in [9.17, 15) is 29.0 Å². The average Bonchev–Trinajstić information content (AvgIpc) is 3.17. The maximum Gasteiger partial charge on any atom is 0.411 e. The van der Waals surface area contributed by atoms with Gasteiger partial charge in [0.1, 0.15) is 12.4 Å². The fourth-order valence-corrected chi connectivity index (χ4v) is 4.04. The van der Waals surface area contributed by atoms with E-state index in [4.69, 9.17) is 4.74 Å². The lowest BCUT2D eigenvalue weighted by Crippen LogP contribution is -2.55. The fourth-order valence-electron chi connectivity index (χ4n) is 4.04. The van der Waals surface area contributed by atoms with E-state index in [1.165, 1.54) is 6.07 Å². The third-order valence-corrected chi connectivity index (χ3v) is 5.98. The Morgan fingerprint density at radius 3 is 2.17 bits per heavy atom. The zero-order valence-corrected chi connectivity index (χ0v) is 18.7. The van der Waals surface area contributed by atoms with Crippen molar-refractivity contribution in [2.75, 3.05) is 18.5 Å². The first kappa shape index (κ1) is 23.9. The van der Waals surface area contributed by atoms with E-state index in [1.54, 1.807) is 0 Å². The van der Waals surface area contributed by atoms with E-state index in [0.29, 0.717) is 0 Å². The van der Waals surface area contributed by atoms with Gasteiger partial charge >= 0.3 is 12.1 Å². The third-order valence-electron chi connectivity index (χ3n) is 5.98. The molecule has 0 aromatic heterocycles. The summed E-state index contributed by atoms with van der Waals surface area (Å²) in [5, 5.41) is 23.2. The van der Waals surface area contributed by atoms with E-state index < -0.39 is 35.9 Å². The first-order valence-electron chi connectivity index (χ1n) is 10.8. The van der Waals surface area contributed by atoms with Gasteiger partial charge in [-0.25, -0.2) is 14.0 Å². The summed E-state index contributed by atoms with van der Waals surface area (Å²) in [4.78, 5) is 36.7. The number of anilines is 1. The second kappa shape index (κ2) is 9.55. The number of hydrogen-bond acceptors (Lipinski definition) is 5. The molecule has 1 aliphatic carbocycles. The minimum absolute atomic E-state index is 0.0319. The van der Waals surface area contributed by atoms with Crippen LogP contribution in [0.2, 0.25) is 0 Å². The quantitative estimate of drug-likeness (QED) is 0.410. The van der Waals surface area contributed by atoms with Crippen LogP contribution in [0.3, 0.4) is 0 Å². The highest BCUT2D eigenvalue weighted by Gasteiger charge is 2.35. The van der Waals surface area contributed by atoms with Gasteiger partial charge in [0.2, 0.25) is 0 Å². The van der Waals surface area contributed by atoms with Crippen LogP contribution in [-0.2, 0) is 9.53 Å². The molecule has 0 heterocycles. The van der Waals surface area contributed by atoms with E-state index in [0.717, 1.165) is 41.3 Å². The molecule has 9 heteroatoms. The maximum atomic E-state index is 13.9. The van der Waals surface area contributed by atoms with Gasteiger partial charge in [-0.2, -0.15) is 0 Å². The number of aliphatic hydroxyl groups is 1. The number of aliphatic carboxylic acids is 1. The largest absolute Gasteiger partial charge is 0.479 e. The lowest BCUT2D eigenvalue weighted by atomic mass is 9.98. The first-order chi connectivity index (χ1) is 16.7. The zero-order chi connectivity index (χ0) is 25.2. The van der Waals surface area contributed by atoms with Crippen molar-refractivity contribution in [2.45, 2.75) is 18.4 Å². The van der Waals surface area contributed by atoms with Crippen LogP contribution >= 0.6 is 0 Å². The maximum absolute atomic E-state index is 13.9. The summed E-state index contributed by atoms with van der Waals surface area (Å²) in [5.74, 6) is -3.41. The van der Waals surface area contributed by atoms with Crippen molar-refractivity contribution in [3.8, 4) is 11.1 Å². The number of rotatable bonds is 7. The molecular weight excluding hydrogens is 455 g/mol. The molecule has 180 valence electrons. The monoisotopic (exact) mass is 478 g/mol. The van der Waals surface area contributed by atoms with Gasteiger partial charge in [-0.05, 0) is 47.4 Å². The van der Waals surface area contributed by atoms with Gasteiger partial charge in [0.05, 0.1) is 17.9 Å². The molecule has 1 unspecified atom stereocenters. The number of halogens is 1. The molecule has 0 saturated heterocycles. The number of fused-ring (bicyclic) bond motifs is 3. The van der Waals surface area contributed by atoms with Crippen LogP contribution < -0.4 is 10.6 Å². The molecule has 0 fully saturated rings. The molecule has 3 aromatic rings. The van der Waals surface area contributed by atoms with Gasteiger partial charge in [-0.3, -0.25) is 10.1 Å². The van der Waals surface area contributed by atoms with Crippen molar-refractivity contribution in [3.63, 3.8) is 0 Å². The number of hydrogen-bond donors (Lipinski definition) is 4. The van der Waals surface area contributed by atoms with E-state index in [-0.39, 0.29) is 23.8 Å². The second-order valence-electron chi connectivity index (χ2n) is 8.39. The van der Waals surface area contributed by atoms with Crippen LogP contribution in [0.1, 0.15) is 34.3 Å². The Kier molecular flexibility index (Phi) is 6.52. The summed E-state index contributed by atoms with van der Waals surface area (Å²) in [7, 11) is 0. The van der Waals surface area contributed by atoms with Gasteiger partial charge in [0, 0.05) is 5.92 Å². The molecule has 8 nitrogen and oxygen atoms in total. The Bertz CT molecular complexity index is 1270. The lowest BCUT2D eigenvalue weighted by molar-refractivity contribution is -0.145. The van der Waals surface area contributed by atoms with Crippen LogP contribution in [-0.4, -0.2) is 46.9 Å². The van der Waals surface area contributed by atoms with Crippen molar-refractivity contribution >= 4 is 23.7 Å². The van der Waals surface area contributed by atoms with Gasteiger partial charge in [-0.1, -0.05) is 48.5 Å². The minimum atomic E-state index is -2.00. The normalized spacial score (nSPS) is 13.8. The molecule has 0 bridgehead atoms. The molecule has 0 spiro atoms.